The number of rotatable bonds is 1. The number of aryl methyl sites for hydroxylation is 1. The molecule has 2 rings (SSSR count). The van der Waals surface area contributed by atoms with E-state index in [1.54, 1.807) is 10.7 Å². The van der Waals surface area contributed by atoms with Gasteiger partial charge in [-0.25, -0.2) is 0 Å². The zero-order valence-corrected chi connectivity index (χ0v) is 8.04. The van der Waals surface area contributed by atoms with Crippen molar-refractivity contribution >= 4 is 10.9 Å². The lowest BCUT2D eigenvalue weighted by Crippen LogP contribution is -2.05. The summed E-state index contributed by atoms with van der Waals surface area (Å²) in [6.07, 6.45) is -3.05. The van der Waals surface area contributed by atoms with Crippen molar-refractivity contribution in [1.29, 1.82) is 0 Å². The van der Waals surface area contributed by atoms with E-state index in [1.807, 2.05) is 6.92 Å². The highest BCUT2D eigenvalue weighted by Crippen LogP contribution is 2.34. The summed E-state index contributed by atoms with van der Waals surface area (Å²) in [7, 11) is 0. The molecule has 15 heavy (non-hydrogen) atoms. The summed E-state index contributed by atoms with van der Waals surface area (Å²) < 4.78 is 39.3. The standard InChI is InChI=1S/C10H9F3N2/c1-2-15-9-5-3-4-8(10(11,12)13)7(9)6-14-15/h3-6H,2H2,1H3. The van der Waals surface area contributed by atoms with Crippen LogP contribution >= 0.6 is 0 Å². The van der Waals surface area contributed by atoms with Gasteiger partial charge in [0.05, 0.1) is 17.3 Å². The molecule has 0 aliphatic carbocycles. The van der Waals surface area contributed by atoms with Crippen LogP contribution in [-0.4, -0.2) is 9.78 Å². The van der Waals surface area contributed by atoms with Crippen molar-refractivity contribution in [1.82, 2.24) is 9.78 Å². The summed E-state index contributed by atoms with van der Waals surface area (Å²) in [5.74, 6) is 0. The third kappa shape index (κ3) is 1.58. The Balaban J connectivity index is 2.73. The SMILES string of the molecule is CCn1ncc2c(C(F)(F)F)cccc21. The normalized spacial score (nSPS) is 12.3. The minimum absolute atomic E-state index is 0.159. The molecule has 1 aromatic heterocycles. The van der Waals surface area contributed by atoms with E-state index in [9.17, 15) is 13.2 Å². The van der Waals surface area contributed by atoms with E-state index in [1.165, 1.54) is 12.3 Å². The van der Waals surface area contributed by atoms with Crippen LogP contribution < -0.4 is 0 Å². The molecule has 2 nitrogen and oxygen atoms in total. The number of benzene rings is 1. The summed E-state index contributed by atoms with van der Waals surface area (Å²) in [5.41, 5.74) is -0.105. The first-order valence-electron chi connectivity index (χ1n) is 4.55. The third-order valence-corrected chi connectivity index (χ3v) is 2.29. The highest BCUT2D eigenvalue weighted by atomic mass is 19.4. The van der Waals surface area contributed by atoms with Crippen LogP contribution in [0.3, 0.4) is 0 Å². The Labute approximate surface area is 84.3 Å². The van der Waals surface area contributed by atoms with Gasteiger partial charge in [0.2, 0.25) is 0 Å². The number of fused-ring (bicyclic) bond motifs is 1. The molecule has 1 aromatic carbocycles. The lowest BCUT2D eigenvalue weighted by atomic mass is 10.1. The van der Waals surface area contributed by atoms with Gasteiger partial charge in [-0.05, 0) is 19.1 Å². The van der Waals surface area contributed by atoms with Crippen molar-refractivity contribution in [3.63, 3.8) is 0 Å². The van der Waals surface area contributed by atoms with Crippen LogP contribution in [0.15, 0.2) is 24.4 Å². The summed E-state index contributed by atoms with van der Waals surface area (Å²) in [6, 6.07) is 4.12. The van der Waals surface area contributed by atoms with Crippen LogP contribution in [-0.2, 0) is 12.7 Å². The molecule has 0 saturated carbocycles. The van der Waals surface area contributed by atoms with Gasteiger partial charge < -0.3 is 0 Å². The van der Waals surface area contributed by atoms with E-state index >= 15 is 0 Å². The Kier molecular flexibility index (Phi) is 2.17. The van der Waals surface area contributed by atoms with E-state index in [0.29, 0.717) is 12.1 Å². The van der Waals surface area contributed by atoms with Crippen LogP contribution in [0.5, 0.6) is 0 Å². The van der Waals surface area contributed by atoms with E-state index < -0.39 is 11.7 Å². The van der Waals surface area contributed by atoms with Crippen molar-refractivity contribution in [2.75, 3.05) is 0 Å². The second-order valence-corrected chi connectivity index (χ2v) is 3.20. The van der Waals surface area contributed by atoms with Gasteiger partial charge in [-0.1, -0.05) is 6.07 Å². The topological polar surface area (TPSA) is 17.8 Å². The van der Waals surface area contributed by atoms with E-state index in [4.69, 9.17) is 0 Å². The predicted molar refractivity (Wildman–Crippen MR) is 50.4 cm³/mol. The molecule has 0 spiro atoms. The second kappa shape index (κ2) is 3.25. The highest BCUT2D eigenvalue weighted by Gasteiger charge is 2.32. The number of hydrogen-bond acceptors (Lipinski definition) is 1. The molecule has 0 unspecified atom stereocenters. The molecular formula is C10H9F3N2. The van der Waals surface area contributed by atoms with Crippen LogP contribution in [0.2, 0.25) is 0 Å². The monoisotopic (exact) mass is 214 g/mol. The molecular weight excluding hydrogens is 205 g/mol. The first-order chi connectivity index (χ1) is 7.04. The zero-order valence-electron chi connectivity index (χ0n) is 8.04. The smallest absolute Gasteiger partial charge is 0.265 e. The third-order valence-electron chi connectivity index (χ3n) is 2.29. The maximum absolute atomic E-state index is 12.6. The summed E-state index contributed by atoms with van der Waals surface area (Å²) >= 11 is 0. The summed E-state index contributed by atoms with van der Waals surface area (Å²) in [6.45, 7) is 2.40. The van der Waals surface area contributed by atoms with E-state index in [2.05, 4.69) is 5.10 Å². The fourth-order valence-electron chi connectivity index (χ4n) is 1.60. The fraction of sp³-hybridized carbons (Fsp3) is 0.300. The van der Waals surface area contributed by atoms with Crippen molar-refractivity contribution in [2.45, 2.75) is 19.6 Å². The van der Waals surface area contributed by atoms with Crippen molar-refractivity contribution in [2.24, 2.45) is 0 Å². The zero-order chi connectivity index (χ0) is 11.1. The van der Waals surface area contributed by atoms with E-state index in [0.717, 1.165) is 6.07 Å². The van der Waals surface area contributed by atoms with Crippen LogP contribution in [0, 0.1) is 0 Å². The molecule has 0 aliphatic heterocycles. The van der Waals surface area contributed by atoms with Crippen LogP contribution in [0.4, 0.5) is 13.2 Å². The van der Waals surface area contributed by atoms with Gasteiger partial charge in [-0.15, -0.1) is 0 Å². The first kappa shape index (κ1) is 10.0. The Morgan fingerprint density at radius 2 is 2.07 bits per heavy atom. The molecule has 0 aliphatic rings. The Morgan fingerprint density at radius 1 is 1.33 bits per heavy atom. The number of halogens is 3. The van der Waals surface area contributed by atoms with Crippen molar-refractivity contribution in [3.05, 3.63) is 30.0 Å². The molecule has 0 N–H and O–H groups in total. The lowest BCUT2D eigenvalue weighted by Gasteiger charge is -2.07. The number of nitrogens with zero attached hydrogens (tertiary/aromatic N) is 2. The first-order valence-corrected chi connectivity index (χ1v) is 4.55. The molecule has 0 amide bonds. The fourth-order valence-corrected chi connectivity index (χ4v) is 1.60. The number of alkyl halides is 3. The van der Waals surface area contributed by atoms with Gasteiger partial charge in [0, 0.05) is 11.9 Å². The van der Waals surface area contributed by atoms with Crippen molar-refractivity contribution in [3.8, 4) is 0 Å². The van der Waals surface area contributed by atoms with Gasteiger partial charge in [0.25, 0.3) is 0 Å². The molecule has 0 saturated heterocycles. The van der Waals surface area contributed by atoms with Gasteiger partial charge in [-0.3, -0.25) is 4.68 Å². The van der Waals surface area contributed by atoms with Crippen molar-refractivity contribution < 1.29 is 13.2 Å². The predicted octanol–water partition coefficient (Wildman–Crippen LogP) is 3.08. The molecule has 0 radical (unpaired) electrons. The van der Waals surface area contributed by atoms with Gasteiger partial charge in [-0.2, -0.15) is 18.3 Å². The minimum Gasteiger partial charge on any atom is -0.265 e. The number of hydrogen-bond donors (Lipinski definition) is 0. The Bertz CT molecular complexity index is 485. The van der Waals surface area contributed by atoms with Gasteiger partial charge in [0.1, 0.15) is 0 Å². The second-order valence-electron chi connectivity index (χ2n) is 3.20. The lowest BCUT2D eigenvalue weighted by molar-refractivity contribution is -0.136. The number of aromatic nitrogens is 2. The maximum Gasteiger partial charge on any atom is 0.417 e. The highest BCUT2D eigenvalue weighted by molar-refractivity contribution is 5.82. The average Bonchev–Trinajstić information content (AvgIpc) is 2.58. The quantitative estimate of drug-likeness (QED) is 0.713. The molecule has 0 atom stereocenters. The average molecular weight is 214 g/mol. The molecule has 80 valence electrons. The largest absolute Gasteiger partial charge is 0.417 e. The van der Waals surface area contributed by atoms with Gasteiger partial charge >= 0.3 is 6.18 Å². The van der Waals surface area contributed by atoms with Gasteiger partial charge in [0.15, 0.2) is 0 Å². The van der Waals surface area contributed by atoms with Crippen LogP contribution in [0.25, 0.3) is 10.9 Å². The minimum atomic E-state index is -4.32. The van der Waals surface area contributed by atoms with Crippen LogP contribution in [0.1, 0.15) is 12.5 Å². The Morgan fingerprint density at radius 3 is 2.67 bits per heavy atom. The molecule has 1 heterocycles. The van der Waals surface area contributed by atoms with E-state index in [-0.39, 0.29) is 5.39 Å². The molecule has 2 aromatic rings. The molecule has 0 fully saturated rings. The summed E-state index contributed by atoms with van der Waals surface area (Å²) in [4.78, 5) is 0. The molecule has 5 heteroatoms. The summed E-state index contributed by atoms with van der Waals surface area (Å²) in [5, 5.41) is 4.06. The molecule has 0 bridgehead atoms. The maximum atomic E-state index is 12.6. The Hall–Kier alpha value is -1.52.